The number of benzene rings is 2. The van der Waals surface area contributed by atoms with Crippen molar-refractivity contribution in [2.75, 3.05) is 11.8 Å². The number of anilines is 1. The van der Waals surface area contributed by atoms with E-state index in [1.54, 1.807) is 32.0 Å². The number of methoxy groups -OCH3 is 1. The smallest absolute Gasteiger partial charge is 0.271 e. The zero-order valence-corrected chi connectivity index (χ0v) is 20.2. The molecule has 4 aromatic rings. The topological polar surface area (TPSA) is 116 Å². The first-order valence-corrected chi connectivity index (χ1v) is 11.9. The maximum absolute atomic E-state index is 13.3. The summed E-state index contributed by atoms with van der Waals surface area (Å²) in [5.74, 6) is 0.625. The van der Waals surface area contributed by atoms with Crippen molar-refractivity contribution in [1.82, 2.24) is 14.9 Å². The molecule has 10 heteroatoms. The fourth-order valence-electron chi connectivity index (χ4n) is 3.68. The molecule has 176 valence electrons. The van der Waals surface area contributed by atoms with Gasteiger partial charge in [-0.25, -0.2) is 8.42 Å². The van der Waals surface area contributed by atoms with Crippen molar-refractivity contribution in [2.45, 2.75) is 32.6 Å². The van der Waals surface area contributed by atoms with Gasteiger partial charge in [-0.05, 0) is 63.6 Å². The minimum atomic E-state index is -3.99. The molecule has 2 aromatic carbocycles. The van der Waals surface area contributed by atoms with Gasteiger partial charge in [-0.3, -0.25) is 9.52 Å². The summed E-state index contributed by atoms with van der Waals surface area (Å²) < 4.78 is 40.9. The molecule has 0 saturated carbocycles. The summed E-state index contributed by atoms with van der Waals surface area (Å²) in [5.41, 5.74) is 3.78. The van der Waals surface area contributed by atoms with Crippen LogP contribution in [0.5, 0.6) is 5.75 Å². The molecule has 0 amide bonds. The average molecular weight is 481 g/mol. The molecular weight excluding hydrogens is 456 g/mol. The van der Waals surface area contributed by atoms with Gasteiger partial charge >= 0.3 is 0 Å². The molecule has 0 fully saturated rings. The molecule has 4 rings (SSSR count). The first-order valence-electron chi connectivity index (χ1n) is 10.4. The van der Waals surface area contributed by atoms with E-state index in [-0.39, 0.29) is 16.2 Å². The first kappa shape index (κ1) is 23.2. The summed E-state index contributed by atoms with van der Waals surface area (Å²) >= 11 is 0. The summed E-state index contributed by atoms with van der Waals surface area (Å²) in [6.07, 6.45) is 0. The van der Waals surface area contributed by atoms with Crippen LogP contribution in [-0.4, -0.2) is 30.5 Å². The van der Waals surface area contributed by atoms with Crippen molar-refractivity contribution in [3.63, 3.8) is 0 Å². The Hall–Kier alpha value is -3.92. The van der Waals surface area contributed by atoms with Crippen LogP contribution < -0.4 is 15.0 Å². The Morgan fingerprint density at radius 3 is 2.41 bits per heavy atom. The molecule has 0 radical (unpaired) electrons. The van der Waals surface area contributed by atoms with Crippen LogP contribution in [0, 0.1) is 27.7 Å². The minimum Gasteiger partial charge on any atom is -0.495 e. The van der Waals surface area contributed by atoms with Crippen LogP contribution in [0.3, 0.4) is 0 Å². The van der Waals surface area contributed by atoms with Crippen molar-refractivity contribution in [2.24, 2.45) is 0 Å². The summed E-state index contributed by atoms with van der Waals surface area (Å²) in [6.45, 7) is 7.17. The van der Waals surface area contributed by atoms with Gasteiger partial charge in [-0.1, -0.05) is 22.9 Å². The van der Waals surface area contributed by atoms with Crippen LogP contribution in [0.2, 0.25) is 0 Å². The molecule has 2 heterocycles. The van der Waals surface area contributed by atoms with E-state index in [1.165, 1.54) is 30.0 Å². The second-order valence-electron chi connectivity index (χ2n) is 7.93. The summed E-state index contributed by atoms with van der Waals surface area (Å²) in [7, 11) is -2.59. The van der Waals surface area contributed by atoms with Gasteiger partial charge in [0, 0.05) is 11.6 Å². The van der Waals surface area contributed by atoms with E-state index in [9.17, 15) is 13.2 Å². The van der Waals surface area contributed by atoms with Gasteiger partial charge in [0.05, 0.1) is 18.5 Å². The number of hydrogen-bond donors (Lipinski definition) is 1. The number of aromatic nitrogens is 3. The largest absolute Gasteiger partial charge is 0.495 e. The molecule has 0 saturated heterocycles. The number of aryl methyl sites for hydroxylation is 4. The molecule has 2 aromatic heterocycles. The molecule has 0 spiro atoms. The highest BCUT2D eigenvalue weighted by Crippen LogP contribution is 2.31. The third kappa shape index (κ3) is 4.32. The van der Waals surface area contributed by atoms with E-state index in [4.69, 9.17) is 9.26 Å². The quantitative estimate of drug-likeness (QED) is 0.444. The number of nitrogens with zero attached hydrogens (tertiary/aromatic N) is 3. The van der Waals surface area contributed by atoms with E-state index in [0.717, 1.165) is 11.1 Å². The summed E-state index contributed by atoms with van der Waals surface area (Å²) in [4.78, 5) is 12.4. The van der Waals surface area contributed by atoms with Crippen LogP contribution in [-0.2, 0) is 10.0 Å². The lowest BCUT2D eigenvalue weighted by Crippen LogP contribution is -2.21. The van der Waals surface area contributed by atoms with Crippen molar-refractivity contribution in [3.05, 3.63) is 81.5 Å². The monoisotopic (exact) mass is 480 g/mol. The summed E-state index contributed by atoms with van der Waals surface area (Å²) in [5, 5.41) is 8.32. The van der Waals surface area contributed by atoms with Gasteiger partial charge in [-0.2, -0.15) is 9.78 Å². The molecule has 0 aliphatic carbocycles. The molecule has 0 aliphatic rings. The average Bonchev–Trinajstić information content (AvgIpc) is 3.13. The standard InChI is InChI=1S/C24H24N4O5S/c1-14-6-8-19(15(2)12-14)27-34(30,31)22-13-18(7-10-21(22)32-5)20-9-11-23(29)28(25-20)24-16(3)26-33-17(24)4/h6-13,27H,1-5H3. The highest BCUT2D eigenvalue weighted by atomic mass is 32.2. The Kier molecular flexibility index (Phi) is 6.01. The maximum Gasteiger partial charge on any atom is 0.271 e. The zero-order chi connectivity index (χ0) is 24.6. The lowest BCUT2D eigenvalue weighted by Gasteiger charge is -2.15. The fraction of sp³-hybridized carbons (Fsp3) is 0.208. The number of rotatable bonds is 6. The Labute approximate surface area is 197 Å². The third-order valence-electron chi connectivity index (χ3n) is 5.38. The lowest BCUT2D eigenvalue weighted by molar-refractivity contribution is 0.392. The van der Waals surface area contributed by atoms with Crippen LogP contribution in [0.4, 0.5) is 5.69 Å². The number of nitrogens with one attached hydrogen (secondary N) is 1. The molecule has 0 atom stereocenters. The predicted molar refractivity (Wildman–Crippen MR) is 128 cm³/mol. The summed E-state index contributed by atoms with van der Waals surface area (Å²) in [6, 6.07) is 13.0. The van der Waals surface area contributed by atoms with Gasteiger partial charge in [0.2, 0.25) is 0 Å². The van der Waals surface area contributed by atoms with Crippen molar-refractivity contribution >= 4 is 15.7 Å². The van der Waals surface area contributed by atoms with Crippen molar-refractivity contribution < 1.29 is 17.7 Å². The minimum absolute atomic E-state index is 0.0515. The van der Waals surface area contributed by atoms with Crippen molar-refractivity contribution in [3.8, 4) is 22.7 Å². The Balaban J connectivity index is 1.81. The second-order valence-corrected chi connectivity index (χ2v) is 9.58. The van der Waals surface area contributed by atoms with Crippen LogP contribution in [0.15, 0.2) is 62.7 Å². The van der Waals surface area contributed by atoms with Gasteiger partial charge in [0.15, 0.2) is 5.76 Å². The lowest BCUT2D eigenvalue weighted by atomic mass is 10.1. The molecule has 34 heavy (non-hydrogen) atoms. The molecule has 0 bridgehead atoms. The Bertz CT molecular complexity index is 1530. The molecule has 0 aliphatic heterocycles. The predicted octanol–water partition coefficient (Wildman–Crippen LogP) is 3.93. The maximum atomic E-state index is 13.3. The molecule has 1 N–H and O–H groups in total. The second kappa shape index (κ2) is 8.79. The molecule has 9 nitrogen and oxygen atoms in total. The number of hydrogen-bond acceptors (Lipinski definition) is 7. The number of ether oxygens (including phenoxy) is 1. The van der Waals surface area contributed by atoms with Crippen LogP contribution >= 0.6 is 0 Å². The highest BCUT2D eigenvalue weighted by molar-refractivity contribution is 7.92. The number of sulfonamides is 1. The van der Waals surface area contributed by atoms with Crippen LogP contribution in [0.25, 0.3) is 16.9 Å². The van der Waals surface area contributed by atoms with E-state index >= 15 is 0 Å². The van der Waals surface area contributed by atoms with Crippen molar-refractivity contribution in [1.29, 1.82) is 0 Å². The van der Waals surface area contributed by atoms with Gasteiger partial charge in [-0.15, -0.1) is 0 Å². The molecule has 0 unspecified atom stereocenters. The van der Waals surface area contributed by atoms with E-state index < -0.39 is 10.0 Å². The normalized spacial score (nSPS) is 11.4. The van der Waals surface area contributed by atoms with Gasteiger partial charge in [0.25, 0.3) is 15.6 Å². The van der Waals surface area contributed by atoms with E-state index in [0.29, 0.717) is 34.1 Å². The third-order valence-corrected chi connectivity index (χ3v) is 6.77. The van der Waals surface area contributed by atoms with Crippen LogP contribution in [0.1, 0.15) is 22.6 Å². The Morgan fingerprint density at radius 2 is 1.76 bits per heavy atom. The van der Waals surface area contributed by atoms with Gasteiger partial charge in [0.1, 0.15) is 22.0 Å². The zero-order valence-electron chi connectivity index (χ0n) is 19.4. The molecular formula is C24H24N4O5S. The van der Waals surface area contributed by atoms with E-state index in [1.807, 2.05) is 26.0 Å². The van der Waals surface area contributed by atoms with Gasteiger partial charge < -0.3 is 9.26 Å². The van der Waals surface area contributed by atoms with E-state index in [2.05, 4.69) is 15.0 Å². The fourth-order valence-corrected chi connectivity index (χ4v) is 5.01. The first-order chi connectivity index (χ1) is 16.1. The Morgan fingerprint density at radius 1 is 1.00 bits per heavy atom. The SMILES string of the molecule is COc1ccc(-c2ccc(=O)n(-c3c(C)noc3C)n2)cc1S(=O)(=O)Nc1ccc(C)cc1C. The highest BCUT2D eigenvalue weighted by Gasteiger charge is 2.22.